The van der Waals surface area contributed by atoms with E-state index in [1.54, 1.807) is 6.92 Å². The average molecular weight is 876 g/mol. The second-order valence-corrected chi connectivity index (χ2v) is 17.4. The molecule has 62 heavy (non-hydrogen) atoms. The van der Waals surface area contributed by atoms with Gasteiger partial charge >= 0.3 is 0 Å². The molecule has 0 saturated carbocycles. The van der Waals surface area contributed by atoms with E-state index in [1.165, 1.54) is 48.5 Å². The number of anilines is 4. The first-order valence-corrected chi connectivity index (χ1v) is 22.0. The fraction of sp³-hybridized carbons (Fsp3) is 0.0227. The number of hydrogen-bond acceptors (Lipinski definition) is 14. The van der Waals surface area contributed by atoms with Crippen LogP contribution in [0.4, 0.5) is 44.4 Å². The number of benzene rings is 6. The first kappa shape index (κ1) is 41.0. The summed E-state index contributed by atoms with van der Waals surface area (Å²) in [6.07, 6.45) is 0. The number of pyridine rings is 1. The van der Waals surface area contributed by atoms with E-state index in [0.29, 0.717) is 38.8 Å². The Kier molecular flexibility index (Phi) is 11.1. The number of nitriles is 2. The van der Waals surface area contributed by atoms with Gasteiger partial charge in [0.05, 0.1) is 21.0 Å². The van der Waals surface area contributed by atoms with Crippen molar-refractivity contribution in [2.75, 3.05) is 10.6 Å². The van der Waals surface area contributed by atoms with Crippen LogP contribution in [0, 0.1) is 29.6 Å². The summed E-state index contributed by atoms with van der Waals surface area (Å²) in [4.78, 5) is 3.96. The van der Waals surface area contributed by atoms with Gasteiger partial charge in [-0.2, -0.15) is 27.4 Å². The lowest BCUT2D eigenvalue weighted by Gasteiger charge is -2.16. The maximum atomic E-state index is 11.7. The van der Waals surface area contributed by atoms with Gasteiger partial charge in [0.15, 0.2) is 16.6 Å². The number of nitrogens with one attached hydrogen (secondary N) is 2. The molecule has 8 rings (SSSR count). The van der Waals surface area contributed by atoms with E-state index in [2.05, 4.69) is 48.2 Å². The van der Waals surface area contributed by atoms with Gasteiger partial charge in [0.25, 0.3) is 20.2 Å². The summed E-state index contributed by atoms with van der Waals surface area (Å²) in [5.41, 5.74) is 3.01. The van der Waals surface area contributed by atoms with Crippen LogP contribution < -0.4 is 10.6 Å². The zero-order valence-corrected chi connectivity index (χ0v) is 34.5. The van der Waals surface area contributed by atoms with E-state index in [1.807, 2.05) is 84.9 Å². The van der Waals surface area contributed by atoms with E-state index in [-0.39, 0.29) is 43.2 Å². The molecule has 0 aliphatic heterocycles. The molecular weight excluding hydrogens is 847 g/mol. The van der Waals surface area contributed by atoms with Crippen molar-refractivity contribution in [1.82, 2.24) is 4.98 Å². The molecule has 0 aliphatic carbocycles. The van der Waals surface area contributed by atoms with Crippen molar-refractivity contribution in [3.8, 4) is 23.3 Å². The smallest absolute Gasteiger partial charge is 0.294 e. The quantitative estimate of drug-likeness (QED) is 0.0703. The third-order valence-corrected chi connectivity index (χ3v) is 12.3. The van der Waals surface area contributed by atoms with Crippen LogP contribution in [-0.2, 0) is 20.2 Å². The molecule has 0 bridgehead atoms. The highest BCUT2D eigenvalue weighted by molar-refractivity contribution is 7.86. The van der Waals surface area contributed by atoms with E-state index in [4.69, 9.17) is 0 Å². The van der Waals surface area contributed by atoms with Gasteiger partial charge in [0.2, 0.25) is 0 Å². The normalized spacial score (nSPS) is 11.9. The van der Waals surface area contributed by atoms with Crippen molar-refractivity contribution in [1.29, 1.82) is 10.5 Å². The molecule has 6 aromatic carbocycles. The second-order valence-electron chi connectivity index (χ2n) is 13.6. The molecule has 0 aliphatic rings. The molecule has 8 aromatic rings. The van der Waals surface area contributed by atoms with Gasteiger partial charge in [0.1, 0.15) is 28.4 Å². The van der Waals surface area contributed by atoms with Crippen LogP contribution in [0.2, 0.25) is 0 Å². The fourth-order valence-electron chi connectivity index (χ4n) is 6.53. The van der Waals surface area contributed by atoms with Crippen molar-refractivity contribution < 1.29 is 25.9 Å². The Morgan fingerprint density at radius 2 is 1.10 bits per heavy atom. The van der Waals surface area contributed by atoms with Crippen molar-refractivity contribution in [2.45, 2.75) is 16.7 Å². The zero-order valence-electron chi connectivity index (χ0n) is 32.1. The Morgan fingerprint density at radius 3 is 1.66 bits per heavy atom. The van der Waals surface area contributed by atoms with Crippen molar-refractivity contribution >= 4 is 97.5 Å². The number of rotatable bonds is 11. The summed E-state index contributed by atoms with van der Waals surface area (Å²) in [5, 5.41) is 50.0. The summed E-state index contributed by atoms with van der Waals surface area (Å²) >= 11 is 1.09. The number of azo groups is 2. The van der Waals surface area contributed by atoms with Crippen LogP contribution in [0.3, 0.4) is 0 Å². The predicted octanol–water partition coefficient (Wildman–Crippen LogP) is 12.0. The van der Waals surface area contributed by atoms with E-state index < -0.39 is 20.2 Å². The summed E-state index contributed by atoms with van der Waals surface area (Å²) in [6, 6.07) is 41.8. The molecule has 0 atom stereocenters. The molecule has 0 amide bonds. The maximum absolute atomic E-state index is 11.7. The fourth-order valence-corrected chi connectivity index (χ4v) is 8.41. The molecule has 0 spiro atoms. The zero-order chi connectivity index (χ0) is 43.6. The Hall–Kier alpha value is -7.71. The summed E-state index contributed by atoms with van der Waals surface area (Å²) in [7, 11) is -8.96. The largest absolute Gasteiger partial charge is 0.339 e. The Balaban J connectivity index is 1.25. The molecule has 0 radical (unpaired) electrons. The predicted molar refractivity (Wildman–Crippen MR) is 237 cm³/mol. The molecule has 2 heterocycles. The lowest BCUT2D eigenvalue weighted by molar-refractivity contribution is 0.481. The second kappa shape index (κ2) is 16.7. The van der Waals surface area contributed by atoms with Crippen molar-refractivity contribution in [3.63, 3.8) is 0 Å². The standard InChI is InChI=1S/C44H29N9O6S3/c1-26-37(24-45)41(47-32-14-18-35(19-15-32)61(54,55)56)49-42(48-33-16-20-36(21-17-33)62(57,58)59)40(26)51-52-43-38(25-46)39(31-11-10-27-6-2-4-8-29(27)22-31)44(60-43)53-50-34-13-12-28-7-3-5-9-30(28)23-34/h2-23H,1H3,(H2,47,48,49)(H,54,55,56)(H,57,58,59)/b52-51+,53-50+. The summed E-state index contributed by atoms with van der Waals surface area (Å²) < 4.78 is 65.7. The number of aromatic nitrogens is 1. The Labute approximate surface area is 358 Å². The Morgan fingerprint density at radius 1 is 0.581 bits per heavy atom. The van der Waals surface area contributed by atoms with Gasteiger partial charge in [-0.25, -0.2) is 4.98 Å². The third-order valence-electron chi connectivity index (χ3n) is 9.61. The SMILES string of the molecule is Cc1c(C#N)c(Nc2ccc(S(=O)(=O)O)cc2)nc(Nc2ccc(S(=O)(=O)O)cc2)c1/N=N/c1sc(/N=N/c2ccc3ccccc3c2)c(-c2ccc3ccccc3c2)c1C#N. The minimum absolute atomic E-state index is 0.0319. The average Bonchev–Trinajstić information content (AvgIpc) is 3.62. The van der Waals surface area contributed by atoms with Crippen LogP contribution >= 0.6 is 11.3 Å². The van der Waals surface area contributed by atoms with Gasteiger partial charge in [0, 0.05) is 22.5 Å². The van der Waals surface area contributed by atoms with E-state index in [0.717, 1.165) is 32.9 Å². The number of fused-ring (bicyclic) bond motifs is 2. The lowest BCUT2D eigenvalue weighted by atomic mass is 10.00. The monoisotopic (exact) mass is 875 g/mol. The molecule has 0 fully saturated rings. The number of nitrogens with zero attached hydrogens (tertiary/aromatic N) is 7. The van der Waals surface area contributed by atoms with Gasteiger partial charge in [-0.1, -0.05) is 78.1 Å². The van der Waals surface area contributed by atoms with Gasteiger partial charge < -0.3 is 10.6 Å². The van der Waals surface area contributed by atoms with Crippen LogP contribution in [0.15, 0.2) is 164 Å². The molecule has 2 aromatic heterocycles. The minimum atomic E-state index is -4.49. The highest BCUT2D eigenvalue weighted by Gasteiger charge is 2.23. The van der Waals surface area contributed by atoms with Gasteiger partial charge in [-0.3, -0.25) is 9.11 Å². The summed E-state index contributed by atoms with van der Waals surface area (Å²) in [5.74, 6) is 0.0763. The first-order chi connectivity index (χ1) is 29.8. The lowest BCUT2D eigenvalue weighted by Crippen LogP contribution is -2.05. The Bertz CT molecular complexity index is 3450. The molecule has 0 saturated heterocycles. The molecular formula is C44H29N9O6S3. The highest BCUT2D eigenvalue weighted by atomic mass is 32.2. The van der Waals surface area contributed by atoms with Crippen LogP contribution in [0.1, 0.15) is 16.7 Å². The molecule has 18 heteroatoms. The van der Waals surface area contributed by atoms with Crippen molar-refractivity contribution in [3.05, 3.63) is 150 Å². The van der Waals surface area contributed by atoms with Crippen LogP contribution in [-0.4, -0.2) is 30.9 Å². The van der Waals surface area contributed by atoms with Crippen LogP contribution in [0.25, 0.3) is 32.7 Å². The van der Waals surface area contributed by atoms with Gasteiger partial charge in [-0.15, -0.1) is 20.5 Å². The molecule has 0 unspecified atom stereocenters. The first-order valence-electron chi connectivity index (χ1n) is 18.3. The summed E-state index contributed by atoms with van der Waals surface area (Å²) in [6.45, 7) is 1.61. The topological polar surface area (TPSA) is 243 Å². The van der Waals surface area contributed by atoms with Crippen LogP contribution in [0.5, 0.6) is 0 Å². The third kappa shape index (κ3) is 8.62. The molecule has 4 N–H and O–H groups in total. The molecule has 304 valence electrons. The molecule has 15 nitrogen and oxygen atoms in total. The van der Waals surface area contributed by atoms with E-state index >= 15 is 0 Å². The number of hydrogen-bond donors (Lipinski definition) is 4. The highest BCUT2D eigenvalue weighted by Crippen LogP contribution is 2.49. The van der Waals surface area contributed by atoms with Crippen molar-refractivity contribution in [2.24, 2.45) is 20.5 Å². The number of thiophene rings is 1. The van der Waals surface area contributed by atoms with E-state index in [9.17, 15) is 36.5 Å². The van der Waals surface area contributed by atoms with Gasteiger partial charge in [-0.05, 0) is 101 Å². The minimum Gasteiger partial charge on any atom is -0.339 e. The maximum Gasteiger partial charge on any atom is 0.294 e.